The maximum absolute atomic E-state index is 11.0. The highest BCUT2D eigenvalue weighted by Gasteiger charge is 2.28. The summed E-state index contributed by atoms with van der Waals surface area (Å²) < 4.78 is 0. The number of halogens is 1. The maximum Gasteiger partial charge on any atom is 0.146 e. The molecule has 1 N–H and O–H groups in total. The van der Waals surface area contributed by atoms with Crippen molar-refractivity contribution >= 4 is 22.5 Å². The molecule has 1 saturated heterocycles. The van der Waals surface area contributed by atoms with Crippen LogP contribution >= 0.6 is 11.6 Å². The van der Waals surface area contributed by atoms with Gasteiger partial charge in [0.15, 0.2) is 0 Å². The van der Waals surface area contributed by atoms with E-state index in [-0.39, 0.29) is 11.8 Å². The molecule has 0 bridgehead atoms. The Morgan fingerprint density at radius 1 is 0.920 bits per heavy atom. The Hall–Kier alpha value is -2.10. The standard InChI is InChI=1S/C21H21ClN2O/c22-18-9-3-2-8-16(18)20(24-13-4-1-5-14-24)17-11-10-15-7-6-12-23-19(15)21(17)25/h2-3,6-12,20,25H,1,4-5,13-14H2/t20-/m0/s1. The molecule has 3 nitrogen and oxygen atoms in total. The molecule has 1 fully saturated rings. The van der Waals surface area contributed by atoms with Crippen molar-refractivity contribution in [3.8, 4) is 5.75 Å². The molecular formula is C21H21ClN2O. The second-order valence-electron chi connectivity index (χ2n) is 6.60. The minimum absolute atomic E-state index is 0.0552. The number of pyridine rings is 1. The predicted molar refractivity (Wildman–Crippen MR) is 102 cm³/mol. The summed E-state index contributed by atoms with van der Waals surface area (Å²) in [5.41, 5.74) is 2.56. The number of phenolic OH excluding ortho intramolecular Hbond substituents is 1. The number of rotatable bonds is 3. The largest absolute Gasteiger partial charge is 0.505 e. The molecule has 3 aromatic rings. The van der Waals surface area contributed by atoms with Gasteiger partial charge in [-0.05, 0) is 43.6 Å². The van der Waals surface area contributed by atoms with Gasteiger partial charge in [-0.3, -0.25) is 9.88 Å². The van der Waals surface area contributed by atoms with Crippen molar-refractivity contribution in [1.82, 2.24) is 9.88 Å². The van der Waals surface area contributed by atoms with Crippen LogP contribution in [0, 0.1) is 0 Å². The molecule has 1 aliphatic rings. The third-order valence-corrected chi connectivity index (χ3v) is 5.37. The lowest BCUT2D eigenvalue weighted by atomic mass is 9.93. The maximum atomic E-state index is 11.0. The Kier molecular flexibility index (Phi) is 4.60. The molecule has 25 heavy (non-hydrogen) atoms. The van der Waals surface area contributed by atoms with Crippen molar-refractivity contribution in [2.75, 3.05) is 13.1 Å². The number of fused-ring (bicyclic) bond motifs is 1. The first kappa shape index (κ1) is 16.4. The molecule has 0 radical (unpaired) electrons. The van der Waals surface area contributed by atoms with Gasteiger partial charge in [-0.15, -0.1) is 0 Å². The molecule has 0 amide bonds. The van der Waals surface area contributed by atoms with Gasteiger partial charge in [0, 0.05) is 22.2 Å². The van der Waals surface area contributed by atoms with Gasteiger partial charge >= 0.3 is 0 Å². The molecule has 1 aliphatic heterocycles. The Labute approximate surface area is 152 Å². The topological polar surface area (TPSA) is 36.4 Å². The number of nitrogens with zero attached hydrogens (tertiary/aromatic N) is 2. The molecule has 4 rings (SSSR count). The number of phenols is 1. The monoisotopic (exact) mass is 352 g/mol. The highest BCUT2D eigenvalue weighted by Crippen LogP contribution is 2.40. The van der Waals surface area contributed by atoms with Gasteiger partial charge in [0.2, 0.25) is 0 Å². The number of piperidine rings is 1. The van der Waals surface area contributed by atoms with Crippen molar-refractivity contribution < 1.29 is 5.11 Å². The highest BCUT2D eigenvalue weighted by molar-refractivity contribution is 6.31. The third-order valence-electron chi connectivity index (χ3n) is 5.03. The Morgan fingerprint density at radius 2 is 1.72 bits per heavy atom. The van der Waals surface area contributed by atoms with Crippen LogP contribution in [0.3, 0.4) is 0 Å². The summed E-state index contributed by atoms with van der Waals surface area (Å²) in [6, 6.07) is 15.8. The van der Waals surface area contributed by atoms with Crippen LogP contribution in [0.2, 0.25) is 5.02 Å². The normalized spacial score (nSPS) is 16.8. The molecule has 2 heterocycles. The zero-order chi connectivity index (χ0) is 17.2. The second-order valence-corrected chi connectivity index (χ2v) is 7.01. The van der Waals surface area contributed by atoms with Crippen LogP contribution in [0.4, 0.5) is 0 Å². The van der Waals surface area contributed by atoms with Crippen molar-refractivity contribution in [3.05, 3.63) is 70.9 Å². The summed E-state index contributed by atoms with van der Waals surface area (Å²) in [6.45, 7) is 2.02. The van der Waals surface area contributed by atoms with E-state index in [2.05, 4.69) is 16.0 Å². The van der Waals surface area contributed by atoms with Crippen molar-refractivity contribution in [2.24, 2.45) is 0 Å². The predicted octanol–water partition coefficient (Wildman–Crippen LogP) is 5.17. The fourth-order valence-electron chi connectivity index (χ4n) is 3.80. The third kappa shape index (κ3) is 3.10. The lowest BCUT2D eigenvalue weighted by molar-refractivity contribution is 0.185. The lowest BCUT2D eigenvalue weighted by Crippen LogP contribution is -2.34. The van der Waals surface area contributed by atoms with E-state index in [1.165, 1.54) is 19.3 Å². The minimum atomic E-state index is -0.0552. The first-order valence-corrected chi connectivity index (χ1v) is 9.18. The summed E-state index contributed by atoms with van der Waals surface area (Å²) in [5, 5.41) is 12.7. The molecule has 0 aliphatic carbocycles. The first-order valence-electron chi connectivity index (χ1n) is 8.81. The lowest BCUT2D eigenvalue weighted by Gasteiger charge is -2.36. The van der Waals surface area contributed by atoms with Gasteiger partial charge in [-0.1, -0.05) is 54.4 Å². The SMILES string of the molecule is Oc1c([C@H](c2ccccc2Cl)N2CCCCC2)ccc2cccnc12. The first-order chi connectivity index (χ1) is 12.3. The fourth-order valence-corrected chi connectivity index (χ4v) is 4.04. The van der Waals surface area contributed by atoms with Crippen LogP contribution < -0.4 is 0 Å². The number of aromatic nitrogens is 1. The van der Waals surface area contributed by atoms with E-state index in [0.29, 0.717) is 5.52 Å². The summed E-state index contributed by atoms with van der Waals surface area (Å²) in [4.78, 5) is 6.81. The van der Waals surface area contributed by atoms with E-state index in [9.17, 15) is 5.11 Å². The van der Waals surface area contributed by atoms with Crippen LogP contribution in [0.5, 0.6) is 5.75 Å². The van der Waals surface area contributed by atoms with Crippen LogP contribution in [-0.2, 0) is 0 Å². The van der Waals surface area contributed by atoms with Gasteiger partial charge in [-0.2, -0.15) is 0 Å². The van der Waals surface area contributed by atoms with E-state index < -0.39 is 0 Å². The van der Waals surface area contributed by atoms with E-state index >= 15 is 0 Å². The molecule has 128 valence electrons. The van der Waals surface area contributed by atoms with Gasteiger partial charge in [0.25, 0.3) is 0 Å². The van der Waals surface area contributed by atoms with Gasteiger partial charge in [-0.25, -0.2) is 0 Å². The van der Waals surface area contributed by atoms with E-state index in [0.717, 1.165) is 34.6 Å². The number of aromatic hydroxyl groups is 1. The second kappa shape index (κ2) is 7.03. The van der Waals surface area contributed by atoms with Crippen molar-refractivity contribution in [1.29, 1.82) is 0 Å². The van der Waals surface area contributed by atoms with Crippen LogP contribution in [0.1, 0.15) is 36.4 Å². The number of hydrogen-bond acceptors (Lipinski definition) is 3. The van der Waals surface area contributed by atoms with Crippen molar-refractivity contribution in [2.45, 2.75) is 25.3 Å². The van der Waals surface area contributed by atoms with Gasteiger partial charge < -0.3 is 5.11 Å². The molecule has 2 aromatic carbocycles. The fraction of sp³-hybridized carbons (Fsp3) is 0.286. The number of likely N-dealkylation sites (tertiary alicyclic amines) is 1. The molecule has 4 heteroatoms. The molecule has 1 atom stereocenters. The number of benzene rings is 2. The Bertz CT molecular complexity index is 890. The Balaban J connectivity index is 1.89. The highest BCUT2D eigenvalue weighted by atomic mass is 35.5. The molecule has 0 saturated carbocycles. The van der Waals surface area contributed by atoms with Gasteiger partial charge in [0.1, 0.15) is 11.3 Å². The average Bonchev–Trinajstić information content (AvgIpc) is 2.66. The molecule has 1 aromatic heterocycles. The summed E-state index contributed by atoms with van der Waals surface area (Å²) in [5.74, 6) is 0.258. The minimum Gasteiger partial charge on any atom is -0.505 e. The molecular weight excluding hydrogens is 332 g/mol. The van der Waals surface area contributed by atoms with Crippen molar-refractivity contribution in [3.63, 3.8) is 0 Å². The molecule has 0 unspecified atom stereocenters. The zero-order valence-electron chi connectivity index (χ0n) is 14.0. The number of hydrogen-bond donors (Lipinski definition) is 1. The summed E-state index contributed by atoms with van der Waals surface area (Å²) >= 11 is 6.53. The smallest absolute Gasteiger partial charge is 0.146 e. The van der Waals surface area contributed by atoms with E-state index in [1.807, 2.05) is 42.5 Å². The van der Waals surface area contributed by atoms with Crippen LogP contribution in [0.25, 0.3) is 10.9 Å². The quantitative estimate of drug-likeness (QED) is 0.706. The van der Waals surface area contributed by atoms with E-state index in [4.69, 9.17) is 11.6 Å². The summed E-state index contributed by atoms with van der Waals surface area (Å²) in [7, 11) is 0. The molecule has 0 spiro atoms. The summed E-state index contributed by atoms with van der Waals surface area (Å²) in [6.07, 6.45) is 5.33. The van der Waals surface area contributed by atoms with E-state index in [1.54, 1.807) is 6.20 Å². The van der Waals surface area contributed by atoms with Crippen LogP contribution in [0.15, 0.2) is 54.7 Å². The van der Waals surface area contributed by atoms with Crippen LogP contribution in [-0.4, -0.2) is 28.1 Å². The Morgan fingerprint density at radius 3 is 2.52 bits per heavy atom. The van der Waals surface area contributed by atoms with Gasteiger partial charge in [0.05, 0.1) is 6.04 Å². The average molecular weight is 353 g/mol. The zero-order valence-corrected chi connectivity index (χ0v) is 14.8.